The van der Waals surface area contributed by atoms with E-state index in [9.17, 15) is 4.79 Å². The van der Waals surface area contributed by atoms with Gasteiger partial charge in [-0.25, -0.2) is 0 Å². The maximum absolute atomic E-state index is 12.7. The molecule has 2 aromatic carbocycles. The summed E-state index contributed by atoms with van der Waals surface area (Å²) in [6, 6.07) is 12.9. The summed E-state index contributed by atoms with van der Waals surface area (Å²) in [5.74, 6) is 0.240. The van der Waals surface area contributed by atoms with E-state index >= 15 is 0 Å². The van der Waals surface area contributed by atoms with E-state index in [2.05, 4.69) is 67.0 Å². The first-order valence-electron chi connectivity index (χ1n) is 9.09. The molecule has 0 aliphatic carbocycles. The summed E-state index contributed by atoms with van der Waals surface area (Å²) in [5, 5.41) is 0. The van der Waals surface area contributed by atoms with Crippen molar-refractivity contribution in [3.05, 3.63) is 64.2 Å². The van der Waals surface area contributed by atoms with E-state index < -0.39 is 0 Å². The lowest BCUT2D eigenvalue weighted by atomic mass is 9.98. The lowest BCUT2D eigenvalue weighted by Gasteiger charge is -2.35. The monoisotopic (exact) mass is 336 g/mol. The van der Waals surface area contributed by atoms with Crippen molar-refractivity contribution in [2.24, 2.45) is 0 Å². The van der Waals surface area contributed by atoms with Crippen LogP contribution < -0.4 is 4.90 Å². The first-order valence-corrected chi connectivity index (χ1v) is 9.09. The van der Waals surface area contributed by atoms with Gasteiger partial charge in [0.05, 0.1) is 6.54 Å². The second kappa shape index (κ2) is 7.40. The Balaban J connectivity index is 1.59. The average molecular weight is 336 g/mol. The predicted molar refractivity (Wildman–Crippen MR) is 105 cm³/mol. The van der Waals surface area contributed by atoms with Gasteiger partial charge in [-0.1, -0.05) is 23.8 Å². The number of nitrogens with zero attached hydrogens (tertiary/aromatic N) is 2. The van der Waals surface area contributed by atoms with Crippen molar-refractivity contribution in [1.29, 1.82) is 0 Å². The second-order valence-electron chi connectivity index (χ2n) is 7.27. The van der Waals surface area contributed by atoms with Crippen LogP contribution in [0.1, 0.15) is 32.6 Å². The Morgan fingerprint density at radius 1 is 0.840 bits per heavy atom. The highest BCUT2D eigenvalue weighted by molar-refractivity contribution is 5.99. The van der Waals surface area contributed by atoms with Gasteiger partial charge in [0.15, 0.2) is 5.78 Å². The third kappa shape index (κ3) is 4.10. The molecule has 0 N–H and O–H groups in total. The van der Waals surface area contributed by atoms with E-state index in [0.29, 0.717) is 6.54 Å². The molecule has 0 radical (unpaired) electrons. The molecule has 132 valence electrons. The van der Waals surface area contributed by atoms with Crippen molar-refractivity contribution in [2.75, 3.05) is 37.6 Å². The molecule has 1 saturated heterocycles. The van der Waals surface area contributed by atoms with Gasteiger partial charge in [0.25, 0.3) is 0 Å². The lowest BCUT2D eigenvalue weighted by molar-refractivity contribution is 0.0925. The number of Topliss-reactive ketones (excluding diaryl/α,β-unsaturated/α-hetero) is 1. The highest BCUT2D eigenvalue weighted by Crippen LogP contribution is 2.19. The summed E-state index contributed by atoms with van der Waals surface area (Å²) in [4.78, 5) is 17.4. The number of ketones is 1. The third-order valence-electron chi connectivity index (χ3n) is 5.28. The molecule has 3 rings (SSSR count). The van der Waals surface area contributed by atoms with Gasteiger partial charge in [0.1, 0.15) is 0 Å². The van der Waals surface area contributed by atoms with E-state index in [4.69, 9.17) is 0 Å². The molecular formula is C22H28N2O. The third-order valence-corrected chi connectivity index (χ3v) is 5.28. The smallest absolute Gasteiger partial charge is 0.177 e. The highest BCUT2D eigenvalue weighted by atomic mass is 16.1. The fourth-order valence-electron chi connectivity index (χ4n) is 3.47. The minimum absolute atomic E-state index is 0.240. The summed E-state index contributed by atoms with van der Waals surface area (Å²) in [5.41, 5.74) is 6.98. The molecule has 0 bridgehead atoms. The fourth-order valence-corrected chi connectivity index (χ4v) is 3.47. The minimum atomic E-state index is 0.240. The minimum Gasteiger partial charge on any atom is -0.369 e. The van der Waals surface area contributed by atoms with Crippen LogP contribution in [0.3, 0.4) is 0 Å². The van der Waals surface area contributed by atoms with Gasteiger partial charge in [0, 0.05) is 37.4 Å². The zero-order valence-corrected chi connectivity index (χ0v) is 15.8. The van der Waals surface area contributed by atoms with Gasteiger partial charge in [-0.2, -0.15) is 0 Å². The largest absolute Gasteiger partial charge is 0.369 e. The van der Waals surface area contributed by atoms with Crippen LogP contribution >= 0.6 is 0 Å². The van der Waals surface area contributed by atoms with Crippen LogP contribution in [0.4, 0.5) is 5.69 Å². The normalized spacial score (nSPS) is 15.4. The summed E-state index contributed by atoms with van der Waals surface area (Å²) < 4.78 is 0. The molecule has 0 atom stereocenters. The van der Waals surface area contributed by atoms with Gasteiger partial charge in [-0.3, -0.25) is 9.69 Å². The van der Waals surface area contributed by atoms with Gasteiger partial charge in [0.2, 0.25) is 0 Å². The van der Waals surface area contributed by atoms with E-state index in [1.54, 1.807) is 0 Å². The number of hydrogen-bond acceptors (Lipinski definition) is 3. The maximum atomic E-state index is 12.7. The Labute approximate surface area is 151 Å². The molecule has 1 aliphatic heterocycles. The van der Waals surface area contributed by atoms with E-state index in [-0.39, 0.29) is 5.78 Å². The molecule has 1 fully saturated rings. The quantitative estimate of drug-likeness (QED) is 0.791. The molecule has 1 heterocycles. The van der Waals surface area contributed by atoms with Crippen molar-refractivity contribution in [2.45, 2.75) is 27.7 Å². The predicted octanol–water partition coefficient (Wildman–Crippen LogP) is 3.93. The average Bonchev–Trinajstić information content (AvgIpc) is 2.59. The molecular weight excluding hydrogens is 308 g/mol. The topological polar surface area (TPSA) is 23.6 Å². The molecule has 3 heteroatoms. The molecule has 0 unspecified atom stereocenters. The van der Waals surface area contributed by atoms with Crippen LogP contribution in [0.5, 0.6) is 0 Å². The Morgan fingerprint density at radius 2 is 1.44 bits per heavy atom. The molecule has 25 heavy (non-hydrogen) atoms. The van der Waals surface area contributed by atoms with Crippen molar-refractivity contribution < 1.29 is 4.79 Å². The van der Waals surface area contributed by atoms with Gasteiger partial charge < -0.3 is 4.90 Å². The number of hydrogen-bond donors (Lipinski definition) is 0. The molecule has 0 saturated carbocycles. The van der Waals surface area contributed by atoms with E-state index in [1.165, 1.54) is 22.4 Å². The van der Waals surface area contributed by atoms with Crippen LogP contribution in [0.25, 0.3) is 0 Å². The first kappa shape index (κ1) is 17.7. The summed E-state index contributed by atoms with van der Waals surface area (Å²) >= 11 is 0. The van der Waals surface area contributed by atoms with Gasteiger partial charge >= 0.3 is 0 Å². The number of piperazine rings is 1. The summed E-state index contributed by atoms with van der Waals surface area (Å²) in [6.07, 6.45) is 0. The Hall–Kier alpha value is -2.13. The number of aryl methyl sites for hydroxylation is 4. The van der Waals surface area contributed by atoms with Crippen molar-refractivity contribution in [3.8, 4) is 0 Å². The number of carbonyl (C=O) groups is 1. The van der Waals surface area contributed by atoms with Gasteiger partial charge in [-0.05, 0) is 62.6 Å². The molecule has 0 spiro atoms. The molecule has 2 aromatic rings. The van der Waals surface area contributed by atoms with Crippen LogP contribution in [0.15, 0.2) is 36.4 Å². The summed E-state index contributed by atoms with van der Waals surface area (Å²) in [6.45, 7) is 12.7. The zero-order chi connectivity index (χ0) is 18.0. The zero-order valence-electron chi connectivity index (χ0n) is 15.8. The van der Waals surface area contributed by atoms with Crippen LogP contribution in [0, 0.1) is 27.7 Å². The van der Waals surface area contributed by atoms with E-state index in [0.717, 1.165) is 37.3 Å². The highest BCUT2D eigenvalue weighted by Gasteiger charge is 2.20. The number of anilines is 1. The van der Waals surface area contributed by atoms with Crippen molar-refractivity contribution in [1.82, 2.24) is 4.90 Å². The molecule has 0 aromatic heterocycles. The lowest BCUT2D eigenvalue weighted by Crippen LogP contribution is -2.48. The number of rotatable bonds is 4. The van der Waals surface area contributed by atoms with Crippen molar-refractivity contribution >= 4 is 11.5 Å². The van der Waals surface area contributed by atoms with Crippen LogP contribution in [0.2, 0.25) is 0 Å². The Bertz CT molecular complexity index is 756. The Morgan fingerprint density at radius 3 is 2.08 bits per heavy atom. The van der Waals surface area contributed by atoms with E-state index in [1.807, 2.05) is 6.92 Å². The summed E-state index contributed by atoms with van der Waals surface area (Å²) in [7, 11) is 0. The maximum Gasteiger partial charge on any atom is 0.177 e. The van der Waals surface area contributed by atoms with Crippen LogP contribution in [-0.2, 0) is 0 Å². The SMILES string of the molecule is Cc1ccc(N2CCN(CC(=O)c3cc(C)c(C)cc3C)CC2)cc1. The molecule has 1 aliphatic rings. The Kier molecular flexibility index (Phi) is 5.24. The second-order valence-corrected chi connectivity index (χ2v) is 7.27. The van der Waals surface area contributed by atoms with Crippen molar-refractivity contribution in [3.63, 3.8) is 0 Å². The standard InChI is InChI=1S/C22H28N2O/c1-16-5-7-20(8-6-16)24-11-9-23(10-12-24)15-22(25)21-14-18(3)17(2)13-19(21)4/h5-8,13-14H,9-12,15H2,1-4H3. The fraction of sp³-hybridized carbons (Fsp3) is 0.409. The number of carbonyl (C=O) groups excluding carboxylic acids is 1. The number of benzene rings is 2. The van der Waals surface area contributed by atoms with Crippen LogP contribution in [-0.4, -0.2) is 43.4 Å². The molecule has 3 nitrogen and oxygen atoms in total. The van der Waals surface area contributed by atoms with Gasteiger partial charge in [-0.15, -0.1) is 0 Å². The first-order chi connectivity index (χ1) is 11.9. The molecule has 0 amide bonds.